The van der Waals surface area contributed by atoms with E-state index in [0.717, 1.165) is 0 Å². The first-order valence-electron chi connectivity index (χ1n) is 9.81. The predicted octanol–water partition coefficient (Wildman–Crippen LogP) is 4.50. The van der Waals surface area contributed by atoms with Gasteiger partial charge in [0, 0.05) is 0 Å². The van der Waals surface area contributed by atoms with E-state index in [-0.39, 0.29) is 12.8 Å². The molecule has 0 aliphatic heterocycles. The summed E-state index contributed by atoms with van der Waals surface area (Å²) in [5.41, 5.74) is -0.925. The van der Waals surface area contributed by atoms with E-state index >= 15 is 0 Å². The minimum atomic E-state index is -6.37. The molecule has 0 aromatic rings. The smallest absolute Gasteiger partial charge is 0.462 e. The molecular formula is C19H26F6O6. The van der Waals surface area contributed by atoms with Gasteiger partial charge >= 0.3 is 35.9 Å². The predicted molar refractivity (Wildman–Crippen MR) is 93.5 cm³/mol. The summed E-state index contributed by atoms with van der Waals surface area (Å²) in [5.74, 6) is -19.0. The van der Waals surface area contributed by atoms with Gasteiger partial charge in [0.25, 0.3) is 0 Å². The largest absolute Gasteiger partial charge is 0.473 e. The molecule has 1 saturated carbocycles. The van der Waals surface area contributed by atoms with Crippen LogP contribution >= 0.6 is 0 Å². The molecule has 180 valence electrons. The maximum atomic E-state index is 13.8. The fourth-order valence-electron chi connectivity index (χ4n) is 2.62. The Morgan fingerprint density at radius 1 is 0.839 bits per heavy atom. The molecule has 12 heteroatoms. The molecule has 6 nitrogen and oxygen atoms in total. The van der Waals surface area contributed by atoms with E-state index in [1.54, 1.807) is 6.92 Å². The van der Waals surface area contributed by atoms with Gasteiger partial charge in [-0.3, -0.25) is 9.59 Å². The van der Waals surface area contributed by atoms with Gasteiger partial charge in [-0.2, -0.15) is 26.3 Å². The van der Waals surface area contributed by atoms with Gasteiger partial charge in [-0.15, -0.1) is 0 Å². The van der Waals surface area contributed by atoms with Crippen molar-refractivity contribution in [1.29, 1.82) is 0 Å². The van der Waals surface area contributed by atoms with E-state index in [1.165, 1.54) is 13.8 Å². The average molecular weight is 464 g/mol. The number of ether oxygens (including phenoxy) is 3. The number of esters is 3. The third kappa shape index (κ3) is 6.25. The van der Waals surface area contributed by atoms with Crippen molar-refractivity contribution in [3.05, 3.63) is 0 Å². The van der Waals surface area contributed by atoms with Crippen LogP contribution in [0.25, 0.3) is 0 Å². The van der Waals surface area contributed by atoms with Crippen LogP contribution < -0.4 is 0 Å². The van der Waals surface area contributed by atoms with Crippen LogP contribution in [-0.2, 0) is 28.6 Å². The van der Waals surface area contributed by atoms with Crippen molar-refractivity contribution in [2.24, 2.45) is 11.3 Å². The van der Waals surface area contributed by atoms with Crippen LogP contribution in [0.4, 0.5) is 26.3 Å². The van der Waals surface area contributed by atoms with E-state index in [0.29, 0.717) is 25.7 Å². The van der Waals surface area contributed by atoms with Crippen molar-refractivity contribution in [2.75, 3.05) is 13.2 Å². The Balaban J connectivity index is 2.71. The summed E-state index contributed by atoms with van der Waals surface area (Å²) >= 11 is 0. The highest BCUT2D eigenvalue weighted by molar-refractivity contribution is 5.79. The Kier molecular flexibility index (Phi) is 8.78. The summed E-state index contributed by atoms with van der Waals surface area (Å²) < 4.78 is 94.8. The quantitative estimate of drug-likeness (QED) is 0.205. The molecule has 0 saturated heterocycles. The Hall–Kier alpha value is -2.01. The molecule has 0 aromatic carbocycles. The molecule has 0 heterocycles. The van der Waals surface area contributed by atoms with Crippen LogP contribution in [-0.4, -0.2) is 49.1 Å². The molecule has 0 amide bonds. The van der Waals surface area contributed by atoms with Gasteiger partial charge in [-0.25, -0.2) is 4.79 Å². The zero-order chi connectivity index (χ0) is 24.1. The van der Waals surface area contributed by atoms with E-state index in [2.05, 4.69) is 14.2 Å². The van der Waals surface area contributed by atoms with Crippen molar-refractivity contribution >= 4 is 17.9 Å². The maximum absolute atomic E-state index is 13.8. The summed E-state index contributed by atoms with van der Waals surface area (Å²) in [7, 11) is 0. The molecule has 0 bridgehead atoms. The van der Waals surface area contributed by atoms with Crippen LogP contribution in [0, 0.1) is 11.3 Å². The molecule has 31 heavy (non-hydrogen) atoms. The van der Waals surface area contributed by atoms with Crippen molar-refractivity contribution in [3.8, 4) is 0 Å². The Bertz CT molecular complexity index is 658. The zero-order valence-electron chi connectivity index (χ0n) is 17.5. The standard InChI is InChI=1S/C19H26F6O6/c1-4-16(2,3)14(27)29-10-11-30-15(28)17(20,21)18(22,23)19(24,25)31-13(26)12-8-6-5-7-9-12/h12H,4-11H2,1-3H3. The van der Waals surface area contributed by atoms with Gasteiger partial charge in [0.2, 0.25) is 0 Å². The molecule has 1 fully saturated rings. The summed E-state index contributed by atoms with van der Waals surface area (Å²) in [6.45, 7) is 2.90. The number of hydrogen-bond donors (Lipinski definition) is 0. The molecular weight excluding hydrogens is 438 g/mol. The molecule has 0 radical (unpaired) electrons. The number of hydrogen-bond acceptors (Lipinski definition) is 6. The van der Waals surface area contributed by atoms with Crippen molar-refractivity contribution < 1.29 is 54.9 Å². The van der Waals surface area contributed by atoms with Crippen LogP contribution in [0.15, 0.2) is 0 Å². The van der Waals surface area contributed by atoms with Crippen LogP contribution in [0.2, 0.25) is 0 Å². The van der Waals surface area contributed by atoms with Crippen LogP contribution in [0.5, 0.6) is 0 Å². The number of carbonyl (C=O) groups excluding carboxylic acids is 3. The lowest BCUT2D eigenvalue weighted by atomic mass is 9.89. The second kappa shape index (κ2) is 10.1. The molecule has 0 N–H and O–H groups in total. The van der Waals surface area contributed by atoms with Crippen molar-refractivity contribution in [3.63, 3.8) is 0 Å². The van der Waals surface area contributed by atoms with E-state index < -0.39 is 60.4 Å². The molecule has 0 spiro atoms. The van der Waals surface area contributed by atoms with E-state index in [4.69, 9.17) is 0 Å². The highest BCUT2D eigenvalue weighted by atomic mass is 19.3. The van der Waals surface area contributed by atoms with Gasteiger partial charge in [0.05, 0.1) is 11.3 Å². The lowest BCUT2D eigenvalue weighted by Crippen LogP contribution is -2.60. The third-order valence-corrected chi connectivity index (χ3v) is 5.17. The van der Waals surface area contributed by atoms with Gasteiger partial charge in [-0.1, -0.05) is 26.2 Å². The fraction of sp³-hybridized carbons (Fsp3) is 0.842. The molecule has 1 rings (SSSR count). The minimum Gasteiger partial charge on any atom is -0.462 e. The minimum absolute atomic E-state index is 0.104. The Morgan fingerprint density at radius 3 is 1.81 bits per heavy atom. The molecule has 0 aromatic heterocycles. The van der Waals surface area contributed by atoms with Crippen LogP contribution in [0.3, 0.4) is 0 Å². The van der Waals surface area contributed by atoms with E-state index in [1.807, 2.05) is 0 Å². The zero-order valence-corrected chi connectivity index (χ0v) is 17.5. The summed E-state index contributed by atoms with van der Waals surface area (Å²) in [6, 6.07) is 0. The lowest BCUT2D eigenvalue weighted by Gasteiger charge is -2.31. The maximum Gasteiger partial charge on any atom is 0.473 e. The first-order chi connectivity index (χ1) is 14.1. The van der Waals surface area contributed by atoms with Gasteiger partial charge < -0.3 is 14.2 Å². The van der Waals surface area contributed by atoms with E-state index in [9.17, 15) is 40.7 Å². The van der Waals surface area contributed by atoms with Crippen molar-refractivity contribution in [2.45, 2.75) is 77.2 Å². The second-order valence-corrected chi connectivity index (χ2v) is 7.93. The molecule has 0 unspecified atom stereocenters. The van der Waals surface area contributed by atoms with Gasteiger partial charge in [0.15, 0.2) is 0 Å². The summed E-state index contributed by atoms with van der Waals surface area (Å²) in [5, 5.41) is 0. The van der Waals surface area contributed by atoms with Crippen LogP contribution in [0.1, 0.15) is 59.3 Å². The molecule has 0 atom stereocenters. The number of halogens is 6. The average Bonchev–Trinajstić information content (AvgIpc) is 2.70. The summed E-state index contributed by atoms with van der Waals surface area (Å²) in [6.07, 6.45) is -3.72. The van der Waals surface area contributed by atoms with Gasteiger partial charge in [-0.05, 0) is 33.1 Å². The SMILES string of the molecule is CCC(C)(C)C(=O)OCCOC(=O)C(F)(F)C(F)(F)C(F)(F)OC(=O)C1CCCCC1. The first kappa shape index (κ1) is 27.0. The normalized spacial score (nSPS) is 16.5. The monoisotopic (exact) mass is 464 g/mol. The number of rotatable bonds is 10. The fourth-order valence-corrected chi connectivity index (χ4v) is 2.62. The Labute approximate surface area is 175 Å². The third-order valence-electron chi connectivity index (χ3n) is 5.17. The number of alkyl halides is 6. The van der Waals surface area contributed by atoms with Crippen molar-refractivity contribution in [1.82, 2.24) is 0 Å². The van der Waals surface area contributed by atoms with Gasteiger partial charge in [0.1, 0.15) is 13.2 Å². The second-order valence-electron chi connectivity index (χ2n) is 7.93. The lowest BCUT2D eigenvalue weighted by molar-refractivity contribution is -0.380. The molecule has 1 aliphatic rings. The molecule has 1 aliphatic carbocycles. The first-order valence-corrected chi connectivity index (χ1v) is 9.81. The highest BCUT2D eigenvalue weighted by Gasteiger charge is 2.78. The summed E-state index contributed by atoms with van der Waals surface area (Å²) in [4.78, 5) is 34.8. The Morgan fingerprint density at radius 2 is 1.32 bits per heavy atom. The highest BCUT2D eigenvalue weighted by Crippen LogP contribution is 2.47. The number of carbonyl (C=O) groups is 3. The topological polar surface area (TPSA) is 78.9 Å².